The molecule has 20 heavy (non-hydrogen) atoms. The molecule has 1 N–H and O–H groups in total. The summed E-state index contributed by atoms with van der Waals surface area (Å²) in [6.07, 6.45) is 0.0691. The van der Waals surface area contributed by atoms with Gasteiger partial charge in [-0.05, 0) is 36.3 Å². The summed E-state index contributed by atoms with van der Waals surface area (Å²) in [4.78, 5) is 12.8. The van der Waals surface area contributed by atoms with Crippen LogP contribution in [0.1, 0.15) is 11.1 Å². The second-order valence-corrected chi connectivity index (χ2v) is 5.16. The minimum absolute atomic E-state index is 0.0691. The SMILES string of the molecule is CN(C)Cc1ccccc1-c1ccc(CC(=O)O)cc1. The third-order valence-electron chi connectivity index (χ3n) is 3.12. The van der Waals surface area contributed by atoms with Crippen LogP contribution in [0.2, 0.25) is 0 Å². The molecule has 0 radical (unpaired) electrons. The minimum Gasteiger partial charge on any atom is -0.481 e. The van der Waals surface area contributed by atoms with Crippen molar-refractivity contribution in [1.82, 2.24) is 4.90 Å². The Kier molecular flexibility index (Phi) is 4.53. The molecule has 0 aliphatic heterocycles. The van der Waals surface area contributed by atoms with Gasteiger partial charge in [-0.2, -0.15) is 0 Å². The molecule has 0 bridgehead atoms. The number of carbonyl (C=O) groups is 1. The van der Waals surface area contributed by atoms with Crippen LogP contribution in [0, 0.1) is 0 Å². The average Bonchev–Trinajstić information content (AvgIpc) is 2.39. The molecule has 0 amide bonds. The Morgan fingerprint density at radius 3 is 2.30 bits per heavy atom. The molecule has 0 atom stereocenters. The number of rotatable bonds is 5. The van der Waals surface area contributed by atoms with Crippen molar-refractivity contribution in [2.75, 3.05) is 14.1 Å². The minimum atomic E-state index is -0.800. The highest BCUT2D eigenvalue weighted by Gasteiger charge is 2.06. The van der Waals surface area contributed by atoms with Crippen molar-refractivity contribution in [3.63, 3.8) is 0 Å². The number of benzene rings is 2. The van der Waals surface area contributed by atoms with E-state index in [0.717, 1.165) is 17.7 Å². The lowest BCUT2D eigenvalue weighted by Gasteiger charge is -2.14. The zero-order valence-electron chi connectivity index (χ0n) is 11.8. The lowest BCUT2D eigenvalue weighted by Crippen LogP contribution is -2.11. The van der Waals surface area contributed by atoms with Crippen molar-refractivity contribution in [1.29, 1.82) is 0 Å². The molecular weight excluding hydrogens is 250 g/mol. The van der Waals surface area contributed by atoms with E-state index < -0.39 is 5.97 Å². The molecule has 104 valence electrons. The largest absolute Gasteiger partial charge is 0.481 e. The molecule has 2 aromatic rings. The van der Waals surface area contributed by atoms with Gasteiger partial charge in [0.25, 0.3) is 0 Å². The van der Waals surface area contributed by atoms with Gasteiger partial charge in [0.05, 0.1) is 6.42 Å². The summed E-state index contributed by atoms with van der Waals surface area (Å²) in [7, 11) is 4.10. The Hall–Kier alpha value is -2.13. The molecule has 0 aromatic heterocycles. The van der Waals surface area contributed by atoms with Gasteiger partial charge >= 0.3 is 5.97 Å². The maximum Gasteiger partial charge on any atom is 0.307 e. The van der Waals surface area contributed by atoms with Gasteiger partial charge in [0.2, 0.25) is 0 Å². The summed E-state index contributed by atoms with van der Waals surface area (Å²) in [5.74, 6) is -0.800. The van der Waals surface area contributed by atoms with Crippen LogP contribution in [-0.4, -0.2) is 30.1 Å². The van der Waals surface area contributed by atoms with Gasteiger partial charge < -0.3 is 10.0 Å². The number of hydrogen-bond donors (Lipinski definition) is 1. The first kappa shape index (κ1) is 14.3. The Morgan fingerprint density at radius 1 is 1.05 bits per heavy atom. The fourth-order valence-electron chi connectivity index (χ4n) is 2.26. The molecule has 0 aliphatic rings. The Morgan fingerprint density at radius 2 is 1.70 bits per heavy atom. The van der Waals surface area contributed by atoms with Crippen LogP contribution in [0.25, 0.3) is 11.1 Å². The highest BCUT2D eigenvalue weighted by molar-refractivity contribution is 5.72. The average molecular weight is 269 g/mol. The second kappa shape index (κ2) is 6.35. The highest BCUT2D eigenvalue weighted by Crippen LogP contribution is 2.24. The third-order valence-corrected chi connectivity index (χ3v) is 3.12. The summed E-state index contributed by atoms with van der Waals surface area (Å²) in [6, 6.07) is 16.1. The van der Waals surface area contributed by atoms with E-state index in [1.807, 2.05) is 50.5 Å². The molecule has 2 rings (SSSR count). The topological polar surface area (TPSA) is 40.5 Å². The Balaban J connectivity index is 2.29. The maximum absolute atomic E-state index is 10.7. The lowest BCUT2D eigenvalue weighted by molar-refractivity contribution is -0.136. The van der Waals surface area contributed by atoms with Crippen molar-refractivity contribution in [2.24, 2.45) is 0 Å². The van der Waals surface area contributed by atoms with Crippen LogP contribution < -0.4 is 0 Å². The standard InChI is InChI=1S/C17H19NO2/c1-18(2)12-15-5-3-4-6-16(15)14-9-7-13(8-10-14)11-17(19)20/h3-10H,11-12H2,1-2H3,(H,19,20). The molecular formula is C17H19NO2. The van der Waals surface area contributed by atoms with Crippen LogP contribution in [0.15, 0.2) is 48.5 Å². The Labute approximate surface area is 119 Å². The number of aliphatic carboxylic acids is 1. The van der Waals surface area contributed by atoms with Gasteiger partial charge in [0, 0.05) is 6.54 Å². The summed E-state index contributed by atoms with van der Waals surface area (Å²) in [6.45, 7) is 0.882. The van der Waals surface area contributed by atoms with E-state index in [1.165, 1.54) is 11.1 Å². The molecule has 0 unspecified atom stereocenters. The number of carboxylic acids is 1. The summed E-state index contributed by atoms with van der Waals surface area (Å²) < 4.78 is 0. The summed E-state index contributed by atoms with van der Waals surface area (Å²) in [5, 5.41) is 8.79. The lowest BCUT2D eigenvalue weighted by atomic mass is 9.98. The number of nitrogens with zero attached hydrogens (tertiary/aromatic N) is 1. The molecule has 0 saturated heterocycles. The second-order valence-electron chi connectivity index (χ2n) is 5.16. The smallest absolute Gasteiger partial charge is 0.307 e. The molecule has 3 nitrogen and oxygen atoms in total. The van der Waals surface area contributed by atoms with E-state index in [2.05, 4.69) is 17.0 Å². The van der Waals surface area contributed by atoms with Crippen molar-refractivity contribution in [3.8, 4) is 11.1 Å². The first-order valence-electron chi connectivity index (χ1n) is 6.60. The summed E-state index contributed by atoms with van der Waals surface area (Å²) in [5.41, 5.74) is 4.41. The zero-order chi connectivity index (χ0) is 14.5. The van der Waals surface area contributed by atoms with Crippen molar-refractivity contribution in [2.45, 2.75) is 13.0 Å². The van der Waals surface area contributed by atoms with Crippen LogP contribution in [0.5, 0.6) is 0 Å². The third kappa shape index (κ3) is 3.68. The van der Waals surface area contributed by atoms with E-state index in [1.54, 1.807) is 0 Å². The zero-order valence-corrected chi connectivity index (χ0v) is 11.8. The van der Waals surface area contributed by atoms with Gasteiger partial charge in [-0.25, -0.2) is 0 Å². The molecule has 0 saturated carbocycles. The molecule has 0 aliphatic carbocycles. The number of hydrogen-bond acceptors (Lipinski definition) is 2. The van der Waals surface area contributed by atoms with Gasteiger partial charge in [-0.1, -0.05) is 48.5 Å². The summed E-state index contributed by atoms with van der Waals surface area (Å²) >= 11 is 0. The van der Waals surface area contributed by atoms with Crippen LogP contribution in [0.4, 0.5) is 0 Å². The van der Waals surface area contributed by atoms with Crippen molar-refractivity contribution < 1.29 is 9.90 Å². The van der Waals surface area contributed by atoms with Crippen molar-refractivity contribution in [3.05, 3.63) is 59.7 Å². The highest BCUT2D eigenvalue weighted by atomic mass is 16.4. The van der Waals surface area contributed by atoms with E-state index >= 15 is 0 Å². The van der Waals surface area contributed by atoms with E-state index in [0.29, 0.717) is 0 Å². The first-order valence-corrected chi connectivity index (χ1v) is 6.60. The molecule has 0 fully saturated rings. The van der Waals surface area contributed by atoms with Crippen LogP contribution in [0.3, 0.4) is 0 Å². The fourth-order valence-corrected chi connectivity index (χ4v) is 2.26. The van der Waals surface area contributed by atoms with Gasteiger partial charge in [-0.15, -0.1) is 0 Å². The molecule has 3 heteroatoms. The van der Waals surface area contributed by atoms with Crippen LogP contribution in [-0.2, 0) is 17.8 Å². The van der Waals surface area contributed by atoms with E-state index in [-0.39, 0.29) is 6.42 Å². The predicted octanol–water partition coefficient (Wildman–Crippen LogP) is 3.04. The van der Waals surface area contributed by atoms with Gasteiger partial charge in [0.15, 0.2) is 0 Å². The molecule has 0 spiro atoms. The molecule has 2 aromatic carbocycles. The van der Waals surface area contributed by atoms with Gasteiger partial charge in [0.1, 0.15) is 0 Å². The Bertz CT molecular complexity index is 588. The fraction of sp³-hybridized carbons (Fsp3) is 0.235. The van der Waals surface area contributed by atoms with Crippen LogP contribution >= 0.6 is 0 Å². The first-order chi connectivity index (χ1) is 9.56. The quantitative estimate of drug-likeness (QED) is 0.907. The monoisotopic (exact) mass is 269 g/mol. The maximum atomic E-state index is 10.7. The van der Waals surface area contributed by atoms with Gasteiger partial charge in [-0.3, -0.25) is 4.79 Å². The van der Waals surface area contributed by atoms with E-state index in [4.69, 9.17) is 5.11 Å². The normalized spacial score (nSPS) is 10.8. The number of carboxylic acid groups (broad SMARTS) is 1. The van der Waals surface area contributed by atoms with E-state index in [9.17, 15) is 4.79 Å². The van der Waals surface area contributed by atoms with Crippen molar-refractivity contribution >= 4 is 5.97 Å². The predicted molar refractivity (Wildman–Crippen MR) is 80.6 cm³/mol. The molecule has 0 heterocycles.